The van der Waals surface area contributed by atoms with Crippen molar-refractivity contribution in [2.24, 2.45) is 5.92 Å². The monoisotopic (exact) mass is 141 g/mol. The van der Waals surface area contributed by atoms with Gasteiger partial charge in [0.25, 0.3) is 0 Å². The van der Waals surface area contributed by atoms with Gasteiger partial charge in [0, 0.05) is 18.7 Å². The van der Waals surface area contributed by atoms with Crippen molar-refractivity contribution in [1.29, 1.82) is 0 Å². The Morgan fingerprint density at radius 1 is 1.90 bits per heavy atom. The second-order valence-electron chi connectivity index (χ2n) is 2.52. The van der Waals surface area contributed by atoms with E-state index in [1.54, 1.807) is 0 Å². The van der Waals surface area contributed by atoms with Gasteiger partial charge in [-0.1, -0.05) is 13.5 Å². The molecule has 0 aromatic rings. The van der Waals surface area contributed by atoms with Crippen LogP contribution in [0.1, 0.15) is 6.92 Å². The van der Waals surface area contributed by atoms with E-state index in [2.05, 4.69) is 6.58 Å². The third-order valence-electron chi connectivity index (χ3n) is 1.45. The van der Waals surface area contributed by atoms with Crippen molar-refractivity contribution in [3.63, 3.8) is 0 Å². The first-order chi connectivity index (χ1) is 4.74. The van der Waals surface area contributed by atoms with Crippen LogP contribution in [0.15, 0.2) is 12.8 Å². The third-order valence-corrected chi connectivity index (χ3v) is 1.45. The molecule has 56 valence electrons. The molecule has 1 atom stereocenters. The molecule has 1 rings (SSSR count). The minimum absolute atomic E-state index is 0.284. The van der Waals surface area contributed by atoms with E-state index < -0.39 is 0 Å². The van der Waals surface area contributed by atoms with E-state index in [0.29, 0.717) is 12.5 Å². The van der Waals surface area contributed by atoms with Gasteiger partial charge in [-0.25, -0.2) is 4.79 Å². The van der Waals surface area contributed by atoms with Crippen LogP contribution in [0.4, 0.5) is 4.79 Å². The van der Waals surface area contributed by atoms with E-state index in [9.17, 15) is 4.79 Å². The van der Waals surface area contributed by atoms with Crippen LogP contribution in [0.2, 0.25) is 0 Å². The summed E-state index contributed by atoms with van der Waals surface area (Å²) in [5, 5.41) is 0. The molecule has 1 unspecified atom stereocenters. The molecule has 0 bridgehead atoms. The summed E-state index contributed by atoms with van der Waals surface area (Å²) in [6.45, 7) is 6.78. The fraction of sp³-hybridized carbons (Fsp3) is 0.571. The summed E-state index contributed by atoms with van der Waals surface area (Å²) in [5.41, 5.74) is 0. The van der Waals surface area contributed by atoms with E-state index in [0.717, 1.165) is 6.54 Å². The highest BCUT2D eigenvalue weighted by molar-refractivity contribution is 5.69. The van der Waals surface area contributed by atoms with E-state index in [1.165, 1.54) is 11.1 Å². The minimum Gasteiger partial charge on any atom is -0.449 e. The summed E-state index contributed by atoms with van der Waals surface area (Å²) in [6.07, 6.45) is 1.21. The molecule has 0 radical (unpaired) electrons. The second kappa shape index (κ2) is 2.73. The van der Waals surface area contributed by atoms with Crippen molar-refractivity contribution in [1.82, 2.24) is 4.90 Å². The summed E-state index contributed by atoms with van der Waals surface area (Å²) < 4.78 is 4.81. The SMILES string of the molecule is C=CN1CC(C)COC1=O. The Balaban J connectivity index is 2.53. The zero-order chi connectivity index (χ0) is 7.56. The summed E-state index contributed by atoms with van der Waals surface area (Å²) in [4.78, 5) is 12.3. The number of hydrogen-bond donors (Lipinski definition) is 0. The minimum atomic E-state index is -0.284. The molecule has 3 heteroatoms. The number of carbonyl (C=O) groups excluding carboxylic acids is 1. The number of ether oxygens (including phenoxy) is 1. The smallest absolute Gasteiger partial charge is 0.413 e. The lowest BCUT2D eigenvalue weighted by Gasteiger charge is -2.27. The van der Waals surface area contributed by atoms with E-state index in [1.807, 2.05) is 6.92 Å². The van der Waals surface area contributed by atoms with E-state index in [-0.39, 0.29) is 6.09 Å². The van der Waals surface area contributed by atoms with Crippen molar-refractivity contribution in [3.8, 4) is 0 Å². The normalized spacial score (nSPS) is 25.9. The molecule has 3 nitrogen and oxygen atoms in total. The molecule has 0 aromatic carbocycles. The lowest BCUT2D eigenvalue weighted by molar-refractivity contribution is 0.0657. The number of cyclic esters (lactones) is 1. The van der Waals surface area contributed by atoms with Crippen molar-refractivity contribution in [2.45, 2.75) is 6.92 Å². The average molecular weight is 141 g/mol. The molecule has 1 heterocycles. The van der Waals surface area contributed by atoms with Crippen LogP contribution in [0.3, 0.4) is 0 Å². The first-order valence-electron chi connectivity index (χ1n) is 3.30. The van der Waals surface area contributed by atoms with Gasteiger partial charge in [-0.2, -0.15) is 0 Å². The summed E-state index contributed by atoms with van der Waals surface area (Å²) in [7, 11) is 0. The molecule has 0 aromatic heterocycles. The standard InChI is InChI=1S/C7H11NO2/c1-3-8-4-6(2)5-10-7(8)9/h3,6H,1,4-5H2,2H3. The molecule has 10 heavy (non-hydrogen) atoms. The van der Waals surface area contributed by atoms with E-state index in [4.69, 9.17) is 4.74 Å². The van der Waals surface area contributed by atoms with Gasteiger partial charge >= 0.3 is 6.09 Å². The van der Waals surface area contributed by atoms with Crippen LogP contribution < -0.4 is 0 Å². The van der Waals surface area contributed by atoms with Crippen LogP contribution in [0.5, 0.6) is 0 Å². The fourth-order valence-corrected chi connectivity index (χ4v) is 0.909. The molecule has 0 N–H and O–H groups in total. The Kier molecular flexibility index (Phi) is 1.94. The summed E-state index contributed by atoms with van der Waals surface area (Å²) in [5.74, 6) is 0.413. The number of nitrogens with zero attached hydrogens (tertiary/aromatic N) is 1. The molecule has 1 aliphatic rings. The van der Waals surface area contributed by atoms with Gasteiger partial charge in [0.2, 0.25) is 0 Å². The summed E-state index contributed by atoms with van der Waals surface area (Å²) >= 11 is 0. The molecule has 1 fully saturated rings. The zero-order valence-electron chi connectivity index (χ0n) is 6.04. The van der Waals surface area contributed by atoms with Gasteiger partial charge in [0.05, 0.1) is 6.61 Å². The molecular formula is C7H11NO2. The van der Waals surface area contributed by atoms with Crippen molar-refractivity contribution in [3.05, 3.63) is 12.8 Å². The van der Waals surface area contributed by atoms with Crippen LogP contribution >= 0.6 is 0 Å². The Morgan fingerprint density at radius 3 is 3.10 bits per heavy atom. The predicted octanol–water partition coefficient (Wildman–Crippen LogP) is 1.22. The van der Waals surface area contributed by atoms with Gasteiger partial charge < -0.3 is 4.74 Å². The highest BCUT2D eigenvalue weighted by Crippen LogP contribution is 2.09. The molecule has 0 aliphatic carbocycles. The maximum atomic E-state index is 10.8. The molecule has 1 saturated heterocycles. The topological polar surface area (TPSA) is 29.5 Å². The highest BCUT2D eigenvalue weighted by atomic mass is 16.6. The lowest BCUT2D eigenvalue weighted by atomic mass is 10.2. The van der Waals surface area contributed by atoms with Crippen LogP contribution in [-0.4, -0.2) is 24.1 Å². The fourth-order valence-electron chi connectivity index (χ4n) is 0.909. The molecular weight excluding hydrogens is 130 g/mol. The van der Waals surface area contributed by atoms with Crippen molar-refractivity contribution in [2.75, 3.05) is 13.2 Å². The molecule has 1 amide bonds. The first-order valence-corrected chi connectivity index (χ1v) is 3.30. The van der Waals surface area contributed by atoms with Gasteiger partial charge in [0.1, 0.15) is 0 Å². The molecule has 0 spiro atoms. The lowest BCUT2D eigenvalue weighted by Crippen LogP contribution is -2.38. The highest BCUT2D eigenvalue weighted by Gasteiger charge is 2.21. The van der Waals surface area contributed by atoms with Gasteiger partial charge in [-0.05, 0) is 0 Å². The Bertz CT molecular complexity index is 156. The Labute approximate surface area is 60.3 Å². The number of carbonyl (C=O) groups is 1. The molecule has 0 saturated carbocycles. The zero-order valence-corrected chi connectivity index (χ0v) is 6.04. The predicted molar refractivity (Wildman–Crippen MR) is 37.4 cm³/mol. The quantitative estimate of drug-likeness (QED) is 0.549. The van der Waals surface area contributed by atoms with Crippen LogP contribution in [0, 0.1) is 5.92 Å². The average Bonchev–Trinajstić information content (AvgIpc) is 1.94. The maximum absolute atomic E-state index is 10.8. The van der Waals surface area contributed by atoms with Gasteiger partial charge in [0.15, 0.2) is 0 Å². The molecule has 1 aliphatic heterocycles. The first kappa shape index (κ1) is 7.12. The largest absolute Gasteiger partial charge is 0.449 e. The van der Waals surface area contributed by atoms with Crippen LogP contribution in [0.25, 0.3) is 0 Å². The van der Waals surface area contributed by atoms with Gasteiger partial charge in [-0.3, -0.25) is 4.90 Å². The number of rotatable bonds is 1. The van der Waals surface area contributed by atoms with Crippen molar-refractivity contribution < 1.29 is 9.53 Å². The Morgan fingerprint density at radius 2 is 2.60 bits per heavy atom. The van der Waals surface area contributed by atoms with E-state index >= 15 is 0 Å². The number of hydrogen-bond acceptors (Lipinski definition) is 2. The number of amides is 1. The van der Waals surface area contributed by atoms with Crippen molar-refractivity contribution >= 4 is 6.09 Å². The summed E-state index contributed by atoms with van der Waals surface area (Å²) in [6, 6.07) is 0. The van der Waals surface area contributed by atoms with Gasteiger partial charge in [-0.15, -0.1) is 0 Å². The Hall–Kier alpha value is -0.990. The second-order valence-corrected chi connectivity index (χ2v) is 2.52. The van der Waals surface area contributed by atoms with Crippen LogP contribution in [-0.2, 0) is 4.74 Å². The maximum Gasteiger partial charge on any atom is 0.413 e. The third kappa shape index (κ3) is 1.29.